The van der Waals surface area contributed by atoms with Crippen molar-refractivity contribution < 1.29 is 9.16 Å². The zero-order valence-corrected chi connectivity index (χ0v) is 22.3. The zero-order valence-electron chi connectivity index (χ0n) is 21.3. The lowest BCUT2D eigenvalue weighted by Gasteiger charge is -2.36. The van der Waals surface area contributed by atoms with Gasteiger partial charge >= 0.3 is 0 Å². The number of hydrogen-bond donors (Lipinski definition) is 1. The minimum atomic E-state index is -1.82. The highest BCUT2D eigenvalue weighted by molar-refractivity contribution is 6.74. The fraction of sp³-hybridized carbons (Fsp3) is 0.577. The maximum Gasteiger partial charge on any atom is 0.192 e. The summed E-state index contributed by atoms with van der Waals surface area (Å²) in [4.78, 5) is 4.86. The largest absolute Gasteiger partial charge is 0.496 e. The molecule has 172 valence electrons. The Labute approximate surface area is 190 Å². The molecule has 0 fully saturated rings. The van der Waals surface area contributed by atoms with Crippen LogP contribution in [0.15, 0.2) is 30.3 Å². The highest BCUT2D eigenvalue weighted by Gasteiger charge is 2.37. The lowest BCUT2D eigenvalue weighted by atomic mass is 9.97. The summed E-state index contributed by atoms with van der Waals surface area (Å²) in [7, 11) is -0.0953. The first-order valence-corrected chi connectivity index (χ1v) is 14.2. The van der Waals surface area contributed by atoms with Crippen LogP contribution in [0.25, 0.3) is 11.3 Å². The summed E-state index contributed by atoms with van der Waals surface area (Å²) in [5.74, 6) is 1.73. The summed E-state index contributed by atoms with van der Waals surface area (Å²) in [5, 5.41) is 3.64. The number of nitrogens with zero attached hydrogens (tertiary/aromatic N) is 1. The van der Waals surface area contributed by atoms with Crippen LogP contribution in [0, 0.1) is 5.41 Å². The number of aryl methyl sites for hydroxylation is 1. The van der Waals surface area contributed by atoms with Gasteiger partial charge in [0.25, 0.3) is 0 Å². The van der Waals surface area contributed by atoms with Gasteiger partial charge < -0.3 is 14.5 Å². The van der Waals surface area contributed by atoms with Gasteiger partial charge in [0, 0.05) is 12.1 Å². The Morgan fingerprint density at radius 3 is 2.23 bits per heavy atom. The van der Waals surface area contributed by atoms with Gasteiger partial charge in [-0.3, -0.25) is 0 Å². The molecule has 0 unspecified atom stereocenters. The standard InChI is InChI=1S/C26H42N2O2Si/c1-11-19-15-21(22-13-12-14-24(28-22)27-18-25(2,3)4)23(29-8)16-20(19)17-30-31(9,10)26(5,6)7/h12-16H,11,17-18H2,1-10H3,(H,27,28). The average Bonchev–Trinajstić information content (AvgIpc) is 2.69. The summed E-state index contributed by atoms with van der Waals surface area (Å²) in [6.45, 7) is 21.7. The number of pyridine rings is 1. The molecule has 0 aliphatic rings. The minimum absolute atomic E-state index is 0.188. The second kappa shape index (κ2) is 9.74. The Morgan fingerprint density at radius 1 is 1.00 bits per heavy atom. The molecule has 0 aliphatic heterocycles. The van der Waals surface area contributed by atoms with Gasteiger partial charge in [-0.25, -0.2) is 4.98 Å². The van der Waals surface area contributed by atoms with E-state index in [1.807, 2.05) is 18.2 Å². The molecule has 31 heavy (non-hydrogen) atoms. The normalized spacial score (nSPS) is 12.7. The van der Waals surface area contributed by atoms with Gasteiger partial charge in [0.1, 0.15) is 11.6 Å². The highest BCUT2D eigenvalue weighted by Crippen LogP contribution is 2.38. The number of benzene rings is 1. The lowest BCUT2D eigenvalue weighted by molar-refractivity contribution is 0.274. The minimum Gasteiger partial charge on any atom is -0.496 e. The van der Waals surface area contributed by atoms with E-state index in [1.54, 1.807) is 7.11 Å². The summed E-state index contributed by atoms with van der Waals surface area (Å²) in [6.07, 6.45) is 0.940. The molecule has 0 saturated carbocycles. The van der Waals surface area contributed by atoms with Crippen LogP contribution in [0.1, 0.15) is 59.6 Å². The van der Waals surface area contributed by atoms with Crippen molar-refractivity contribution in [1.29, 1.82) is 0 Å². The van der Waals surface area contributed by atoms with Gasteiger partial charge in [0.15, 0.2) is 8.32 Å². The van der Waals surface area contributed by atoms with E-state index in [9.17, 15) is 0 Å². The first-order valence-electron chi connectivity index (χ1n) is 11.3. The fourth-order valence-corrected chi connectivity index (χ4v) is 3.96. The number of ether oxygens (including phenoxy) is 1. The third kappa shape index (κ3) is 6.81. The molecule has 0 bridgehead atoms. The molecule has 1 aromatic heterocycles. The van der Waals surface area contributed by atoms with Crippen LogP contribution in [0.3, 0.4) is 0 Å². The van der Waals surface area contributed by atoms with E-state index < -0.39 is 8.32 Å². The van der Waals surface area contributed by atoms with E-state index in [1.165, 1.54) is 11.1 Å². The monoisotopic (exact) mass is 442 g/mol. The fourth-order valence-electron chi connectivity index (χ4n) is 3.01. The van der Waals surface area contributed by atoms with Gasteiger partial charge in [-0.1, -0.05) is 54.5 Å². The van der Waals surface area contributed by atoms with E-state index in [4.69, 9.17) is 14.1 Å². The van der Waals surface area contributed by atoms with Crippen LogP contribution in [0.5, 0.6) is 5.75 Å². The maximum absolute atomic E-state index is 6.51. The topological polar surface area (TPSA) is 43.4 Å². The number of methoxy groups -OCH3 is 1. The molecule has 0 saturated heterocycles. The summed E-state index contributed by atoms with van der Waals surface area (Å²) >= 11 is 0. The molecule has 1 heterocycles. The molecule has 0 amide bonds. The Kier molecular flexibility index (Phi) is 7.98. The van der Waals surface area contributed by atoms with Gasteiger partial charge in [-0.2, -0.15) is 0 Å². The van der Waals surface area contributed by atoms with Gasteiger partial charge in [0.2, 0.25) is 0 Å². The summed E-state index contributed by atoms with van der Waals surface area (Å²) in [6, 6.07) is 10.5. The molecule has 5 heteroatoms. The Bertz CT molecular complexity index is 880. The quantitative estimate of drug-likeness (QED) is 0.436. The first kappa shape index (κ1) is 25.4. The molecule has 4 nitrogen and oxygen atoms in total. The number of rotatable bonds is 8. The predicted molar refractivity (Wildman–Crippen MR) is 136 cm³/mol. The summed E-state index contributed by atoms with van der Waals surface area (Å²) < 4.78 is 12.3. The van der Waals surface area contributed by atoms with Crippen LogP contribution >= 0.6 is 0 Å². The number of anilines is 1. The molecule has 1 N–H and O–H groups in total. The third-order valence-corrected chi connectivity index (χ3v) is 10.6. The van der Waals surface area contributed by atoms with Gasteiger partial charge in [-0.15, -0.1) is 0 Å². The van der Waals surface area contributed by atoms with Gasteiger partial charge in [-0.05, 0) is 65.4 Å². The molecule has 2 rings (SSSR count). The second-order valence-corrected chi connectivity index (χ2v) is 15.9. The Morgan fingerprint density at radius 2 is 1.68 bits per heavy atom. The van der Waals surface area contributed by atoms with Crippen molar-refractivity contribution in [3.8, 4) is 17.0 Å². The molecule has 2 aromatic rings. The van der Waals surface area contributed by atoms with Gasteiger partial charge in [0.05, 0.1) is 19.4 Å². The number of nitrogens with one attached hydrogen (secondary N) is 1. The Balaban J connectivity index is 2.36. The van der Waals surface area contributed by atoms with Crippen LogP contribution in [0.2, 0.25) is 18.1 Å². The molecule has 0 radical (unpaired) electrons. The van der Waals surface area contributed by atoms with E-state index in [0.717, 1.165) is 35.8 Å². The zero-order chi connectivity index (χ0) is 23.4. The van der Waals surface area contributed by atoms with Crippen molar-refractivity contribution in [2.75, 3.05) is 19.0 Å². The maximum atomic E-state index is 6.51. The molecule has 1 aromatic carbocycles. The lowest BCUT2D eigenvalue weighted by Crippen LogP contribution is -2.40. The van der Waals surface area contributed by atoms with Crippen molar-refractivity contribution in [3.63, 3.8) is 0 Å². The summed E-state index contributed by atoms with van der Waals surface area (Å²) in [5.41, 5.74) is 4.62. The van der Waals surface area contributed by atoms with E-state index in [2.05, 4.69) is 79.0 Å². The Hall–Kier alpha value is -1.85. The average molecular weight is 443 g/mol. The molecular formula is C26H42N2O2Si. The molecule has 0 atom stereocenters. The van der Waals surface area contributed by atoms with Crippen LogP contribution in [-0.2, 0) is 17.5 Å². The molecular weight excluding hydrogens is 400 g/mol. The van der Waals surface area contributed by atoms with Crippen molar-refractivity contribution in [1.82, 2.24) is 4.98 Å². The van der Waals surface area contributed by atoms with E-state index in [-0.39, 0.29) is 10.5 Å². The molecule has 0 aliphatic carbocycles. The number of aromatic nitrogens is 1. The van der Waals surface area contributed by atoms with Crippen molar-refractivity contribution >= 4 is 14.1 Å². The van der Waals surface area contributed by atoms with E-state index >= 15 is 0 Å². The van der Waals surface area contributed by atoms with Crippen LogP contribution < -0.4 is 10.1 Å². The third-order valence-electron chi connectivity index (χ3n) is 6.12. The SMILES string of the molecule is CCc1cc(-c2cccc(NCC(C)(C)C)n2)c(OC)cc1CO[Si](C)(C)C(C)(C)C. The molecule has 0 spiro atoms. The highest BCUT2D eigenvalue weighted by atomic mass is 28.4. The van der Waals surface area contributed by atoms with E-state index in [0.29, 0.717) is 6.61 Å². The van der Waals surface area contributed by atoms with Crippen molar-refractivity contribution in [2.24, 2.45) is 5.41 Å². The van der Waals surface area contributed by atoms with Crippen LogP contribution in [-0.4, -0.2) is 27.0 Å². The van der Waals surface area contributed by atoms with Crippen molar-refractivity contribution in [2.45, 2.75) is 79.6 Å². The predicted octanol–water partition coefficient (Wildman–Crippen LogP) is 7.30. The smallest absolute Gasteiger partial charge is 0.192 e. The first-order chi connectivity index (χ1) is 14.3. The van der Waals surface area contributed by atoms with Crippen LogP contribution in [0.4, 0.5) is 5.82 Å². The van der Waals surface area contributed by atoms with Crippen molar-refractivity contribution in [3.05, 3.63) is 41.5 Å². The second-order valence-electron chi connectivity index (χ2n) is 11.0. The number of hydrogen-bond acceptors (Lipinski definition) is 4.